The summed E-state index contributed by atoms with van der Waals surface area (Å²) in [6.45, 7) is 12.7. The Morgan fingerprint density at radius 3 is 1.43 bits per heavy atom. The molecule has 0 aliphatic heterocycles. The molecular formula is C18H40NO2+. The quantitative estimate of drug-likeness (QED) is 0.353. The van der Waals surface area contributed by atoms with Crippen LogP contribution in [0.15, 0.2) is 0 Å². The molecule has 128 valence electrons. The highest BCUT2D eigenvalue weighted by Gasteiger charge is 2.22. The van der Waals surface area contributed by atoms with Crippen LogP contribution in [0.2, 0.25) is 0 Å². The smallest absolute Gasteiger partial charge is 0.105 e. The fraction of sp³-hybridized carbons (Fsp3) is 1.00. The van der Waals surface area contributed by atoms with Gasteiger partial charge in [0.05, 0.1) is 14.1 Å². The highest BCUT2D eigenvalue weighted by molar-refractivity contribution is 4.53. The SMILES string of the molecule is CCCCCOC(C)C[N+](C)(C)CC(C)OCCCCC. The minimum Gasteiger partial charge on any atom is -0.373 e. The van der Waals surface area contributed by atoms with Gasteiger partial charge in [-0.2, -0.15) is 0 Å². The second-order valence-electron chi connectivity index (χ2n) is 7.08. The molecule has 2 atom stereocenters. The van der Waals surface area contributed by atoms with Crippen molar-refractivity contribution >= 4 is 0 Å². The van der Waals surface area contributed by atoms with E-state index in [1.54, 1.807) is 0 Å². The molecule has 0 fully saturated rings. The first-order valence-electron chi connectivity index (χ1n) is 8.96. The number of rotatable bonds is 14. The van der Waals surface area contributed by atoms with Gasteiger partial charge in [0.25, 0.3) is 0 Å². The molecule has 0 saturated heterocycles. The molecule has 0 aromatic heterocycles. The van der Waals surface area contributed by atoms with E-state index in [1.165, 1.54) is 38.5 Å². The molecule has 3 nitrogen and oxygen atoms in total. The molecule has 3 heteroatoms. The monoisotopic (exact) mass is 302 g/mol. The standard InChI is InChI=1S/C18H40NO2/c1-7-9-11-13-20-17(3)15-19(5,6)16-18(4)21-14-12-10-8-2/h17-18H,7-16H2,1-6H3/q+1. The summed E-state index contributed by atoms with van der Waals surface area (Å²) in [6, 6.07) is 0. The first kappa shape index (κ1) is 20.9. The zero-order valence-electron chi connectivity index (χ0n) is 15.5. The van der Waals surface area contributed by atoms with Gasteiger partial charge >= 0.3 is 0 Å². The Labute approximate surface area is 133 Å². The van der Waals surface area contributed by atoms with Crippen LogP contribution in [0.4, 0.5) is 0 Å². The van der Waals surface area contributed by atoms with Gasteiger partial charge in [-0.3, -0.25) is 0 Å². The summed E-state index contributed by atoms with van der Waals surface area (Å²) in [5, 5.41) is 0. The zero-order valence-corrected chi connectivity index (χ0v) is 15.5. The molecule has 0 bridgehead atoms. The summed E-state index contributed by atoms with van der Waals surface area (Å²) in [5.41, 5.74) is 0. The second kappa shape index (κ2) is 12.4. The second-order valence-corrected chi connectivity index (χ2v) is 7.08. The van der Waals surface area contributed by atoms with Crippen LogP contribution in [0.5, 0.6) is 0 Å². The molecular weight excluding hydrogens is 262 g/mol. The van der Waals surface area contributed by atoms with Crippen molar-refractivity contribution in [2.75, 3.05) is 40.4 Å². The van der Waals surface area contributed by atoms with E-state index in [4.69, 9.17) is 9.47 Å². The highest BCUT2D eigenvalue weighted by atomic mass is 16.5. The normalized spacial score (nSPS) is 15.1. The molecule has 0 aliphatic rings. The van der Waals surface area contributed by atoms with Crippen LogP contribution in [-0.2, 0) is 9.47 Å². The van der Waals surface area contributed by atoms with E-state index in [0.717, 1.165) is 30.8 Å². The van der Waals surface area contributed by atoms with Crippen LogP contribution in [0.25, 0.3) is 0 Å². The van der Waals surface area contributed by atoms with Crippen molar-refractivity contribution in [1.82, 2.24) is 0 Å². The van der Waals surface area contributed by atoms with E-state index >= 15 is 0 Å². The van der Waals surface area contributed by atoms with Crippen molar-refractivity contribution in [2.45, 2.75) is 78.4 Å². The molecule has 0 rings (SSSR count). The van der Waals surface area contributed by atoms with Crippen molar-refractivity contribution in [3.05, 3.63) is 0 Å². The Balaban J connectivity index is 3.83. The number of hydrogen-bond donors (Lipinski definition) is 0. The maximum absolute atomic E-state index is 5.92. The largest absolute Gasteiger partial charge is 0.373 e. The summed E-state index contributed by atoms with van der Waals surface area (Å²) in [4.78, 5) is 0. The number of unbranched alkanes of at least 4 members (excludes halogenated alkanes) is 4. The van der Waals surface area contributed by atoms with Crippen molar-refractivity contribution in [3.8, 4) is 0 Å². The van der Waals surface area contributed by atoms with Crippen molar-refractivity contribution in [1.29, 1.82) is 0 Å². The molecule has 0 radical (unpaired) electrons. The number of ether oxygens (including phenoxy) is 2. The Morgan fingerprint density at radius 1 is 0.714 bits per heavy atom. The van der Waals surface area contributed by atoms with Crippen molar-refractivity contribution < 1.29 is 14.0 Å². The molecule has 0 heterocycles. The van der Waals surface area contributed by atoms with E-state index in [-0.39, 0.29) is 0 Å². The number of hydrogen-bond acceptors (Lipinski definition) is 2. The zero-order chi connectivity index (χ0) is 16.1. The van der Waals surface area contributed by atoms with E-state index < -0.39 is 0 Å². The molecule has 0 amide bonds. The lowest BCUT2D eigenvalue weighted by Gasteiger charge is -2.34. The summed E-state index contributed by atoms with van der Waals surface area (Å²) in [7, 11) is 4.55. The molecule has 0 saturated carbocycles. The van der Waals surface area contributed by atoms with Crippen LogP contribution >= 0.6 is 0 Å². The van der Waals surface area contributed by atoms with Crippen LogP contribution < -0.4 is 0 Å². The van der Waals surface area contributed by atoms with Crippen LogP contribution in [0, 0.1) is 0 Å². The lowest BCUT2D eigenvalue weighted by Crippen LogP contribution is -2.49. The number of likely N-dealkylation sites (N-methyl/N-ethyl adjacent to an activating group) is 1. The average molecular weight is 303 g/mol. The van der Waals surface area contributed by atoms with Gasteiger partial charge in [0.2, 0.25) is 0 Å². The highest BCUT2D eigenvalue weighted by Crippen LogP contribution is 2.08. The van der Waals surface area contributed by atoms with Crippen LogP contribution in [0.1, 0.15) is 66.2 Å². The lowest BCUT2D eigenvalue weighted by molar-refractivity contribution is -0.896. The average Bonchev–Trinajstić information content (AvgIpc) is 2.38. The maximum Gasteiger partial charge on any atom is 0.105 e. The van der Waals surface area contributed by atoms with E-state index in [2.05, 4.69) is 41.8 Å². The van der Waals surface area contributed by atoms with Gasteiger partial charge in [0.15, 0.2) is 0 Å². The maximum atomic E-state index is 5.92. The Bertz CT molecular complexity index is 209. The van der Waals surface area contributed by atoms with Gasteiger partial charge < -0.3 is 14.0 Å². The molecule has 0 aliphatic carbocycles. The van der Waals surface area contributed by atoms with E-state index in [0.29, 0.717) is 12.2 Å². The minimum atomic E-state index is 0.323. The third kappa shape index (κ3) is 13.3. The predicted molar refractivity (Wildman–Crippen MR) is 91.7 cm³/mol. The predicted octanol–water partition coefficient (Wildman–Crippen LogP) is 4.25. The summed E-state index contributed by atoms with van der Waals surface area (Å²) in [6.07, 6.45) is 8.07. The van der Waals surface area contributed by atoms with Gasteiger partial charge in [-0.15, -0.1) is 0 Å². The van der Waals surface area contributed by atoms with Gasteiger partial charge in [-0.1, -0.05) is 39.5 Å². The fourth-order valence-electron chi connectivity index (χ4n) is 2.85. The van der Waals surface area contributed by atoms with Gasteiger partial charge in [-0.05, 0) is 26.7 Å². The fourth-order valence-corrected chi connectivity index (χ4v) is 2.85. The molecule has 0 spiro atoms. The van der Waals surface area contributed by atoms with Gasteiger partial charge in [-0.25, -0.2) is 0 Å². The van der Waals surface area contributed by atoms with E-state index in [1.807, 2.05) is 0 Å². The van der Waals surface area contributed by atoms with Crippen molar-refractivity contribution in [2.24, 2.45) is 0 Å². The Hall–Kier alpha value is -0.120. The molecule has 0 aromatic carbocycles. The van der Waals surface area contributed by atoms with Crippen LogP contribution in [-0.4, -0.2) is 57.1 Å². The first-order valence-corrected chi connectivity index (χ1v) is 8.96. The van der Waals surface area contributed by atoms with E-state index in [9.17, 15) is 0 Å². The first-order chi connectivity index (χ1) is 9.91. The van der Waals surface area contributed by atoms with Crippen LogP contribution in [0.3, 0.4) is 0 Å². The summed E-state index contributed by atoms with van der Waals surface area (Å²) >= 11 is 0. The Kier molecular flexibility index (Phi) is 12.4. The minimum absolute atomic E-state index is 0.323. The number of quaternary nitrogens is 1. The third-order valence-electron chi connectivity index (χ3n) is 3.80. The van der Waals surface area contributed by atoms with Gasteiger partial charge in [0, 0.05) is 13.2 Å². The molecule has 0 aromatic rings. The Morgan fingerprint density at radius 2 is 1.10 bits per heavy atom. The molecule has 21 heavy (non-hydrogen) atoms. The topological polar surface area (TPSA) is 18.5 Å². The third-order valence-corrected chi connectivity index (χ3v) is 3.80. The summed E-state index contributed by atoms with van der Waals surface area (Å²) in [5.74, 6) is 0. The van der Waals surface area contributed by atoms with Gasteiger partial charge in [0.1, 0.15) is 25.3 Å². The molecule has 0 N–H and O–H groups in total. The molecule has 2 unspecified atom stereocenters. The lowest BCUT2D eigenvalue weighted by atomic mass is 10.2. The van der Waals surface area contributed by atoms with Crippen molar-refractivity contribution in [3.63, 3.8) is 0 Å². The number of nitrogens with zero attached hydrogens (tertiary/aromatic N) is 1. The summed E-state index contributed by atoms with van der Waals surface area (Å²) < 4.78 is 12.8.